The number of hydrogen-bond acceptors (Lipinski definition) is 2. The molecule has 0 fully saturated rings. The van der Waals surface area contributed by atoms with Crippen LogP contribution in [0.5, 0.6) is 5.75 Å². The van der Waals surface area contributed by atoms with Gasteiger partial charge in [0.05, 0.1) is 0 Å². The summed E-state index contributed by atoms with van der Waals surface area (Å²) in [6, 6.07) is 20.9. The van der Waals surface area contributed by atoms with Crippen molar-refractivity contribution in [2.45, 2.75) is 5.79 Å². The zero-order chi connectivity index (χ0) is 15.2. The lowest BCUT2D eigenvalue weighted by Crippen LogP contribution is -2.37. The predicted octanol–water partition coefficient (Wildman–Crippen LogP) is 4.08. The Morgan fingerprint density at radius 2 is 1.55 bits per heavy atom. The molecule has 108 valence electrons. The Kier molecular flexibility index (Phi) is 2.78. The van der Waals surface area contributed by atoms with Gasteiger partial charge in [0, 0.05) is 16.7 Å². The fourth-order valence-electron chi connectivity index (χ4n) is 2.91. The maximum atomic E-state index is 13.6. The van der Waals surface area contributed by atoms with Crippen LogP contribution in [0.4, 0.5) is 4.39 Å². The van der Waals surface area contributed by atoms with E-state index in [1.165, 1.54) is 12.1 Å². The van der Waals surface area contributed by atoms with Crippen LogP contribution < -0.4 is 4.74 Å². The minimum atomic E-state index is -1.58. The van der Waals surface area contributed by atoms with E-state index >= 15 is 0 Å². The zero-order valence-electron chi connectivity index (χ0n) is 11.7. The maximum absolute atomic E-state index is 13.6. The average Bonchev–Trinajstić information content (AvgIpc) is 2.57. The Bertz CT molecular complexity index is 845. The van der Waals surface area contributed by atoms with E-state index in [4.69, 9.17) is 4.74 Å². The second-order valence-electron chi connectivity index (χ2n) is 5.30. The summed E-state index contributed by atoms with van der Waals surface area (Å²) in [5, 5.41) is 11.2. The van der Waals surface area contributed by atoms with Gasteiger partial charge in [-0.1, -0.05) is 54.6 Å². The van der Waals surface area contributed by atoms with Crippen molar-refractivity contribution in [3.63, 3.8) is 0 Å². The van der Waals surface area contributed by atoms with Crippen LogP contribution in [0.3, 0.4) is 0 Å². The number of benzene rings is 3. The Hall–Kier alpha value is -2.65. The van der Waals surface area contributed by atoms with Gasteiger partial charge in [-0.15, -0.1) is 0 Å². The van der Waals surface area contributed by atoms with Crippen LogP contribution in [0, 0.1) is 5.82 Å². The fraction of sp³-hybridized carbons (Fsp3) is 0.0526. The van der Waals surface area contributed by atoms with Crippen molar-refractivity contribution in [2.75, 3.05) is 0 Å². The summed E-state index contributed by atoms with van der Waals surface area (Å²) < 4.78 is 19.5. The number of halogens is 1. The molecule has 22 heavy (non-hydrogen) atoms. The molecule has 0 spiro atoms. The molecule has 3 aromatic carbocycles. The molecule has 1 unspecified atom stereocenters. The minimum Gasteiger partial charge on any atom is -0.453 e. The highest BCUT2D eigenvalue weighted by Gasteiger charge is 2.40. The number of fused-ring (bicyclic) bond motifs is 3. The number of rotatable bonds is 1. The quantitative estimate of drug-likeness (QED) is 0.732. The van der Waals surface area contributed by atoms with Crippen LogP contribution in [-0.2, 0) is 5.79 Å². The van der Waals surface area contributed by atoms with Crippen molar-refractivity contribution in [1.82, 2.24) is 0 Å². The lowest BCUT2D eigenvalue weighted by atomic mass is 9.87. The van der Waals surface area contributed by atoms with E-state index in [9.17, 15) is 9.50 Å². The molecule has 4 rings (SSSR count). The average molecular weight is 292 g/mol. The summed E-state index contributed by atoms with van der Waals surface area (Å²) in [7, 11) is 0. The molecule has 1 N–H and O–H groups in total. The van der Waals surface area contributed by atoms with Crippen molar-refractivity contribution >= 4 is 0 Å². The Morgan fingerprint density at radius 1 is 0.818 bits per heavy atom. The van der Waals surface area contributed by atoms with Crippen LogP contribution in [0.2, 0.25) is 0 Å². The van der Waals surface area contributed by atoms with E-state index < -0.39 is 5.79 Å². The molecule has 1 heterocycles. The first-order valence-corrected chi connectivity index (χ1v) is 7.05. The molecular weight excluding hydrogens is 279 g/mol. The Morgan fingerprint density at radius 3 is 2.36 bits per heavy atom. The predicted molar refractivity (Wildman–Crippen MR) is 81.9 cm³/mol. The molecule has 2 nitrogen and oxygen atoms in total. The highest BCUT2D eigenvalue weighted by atomic mass is 19.1. The van der Waals surface area contributed by atoms with Crippen molar-refractivity contribution in [1.29, 1.82) is 0 Å². The van der Waals surface area contributed by atoms with Crippen molar-refractivity contribution in [3.8, 4) is 16.9 Å². The summed E-state index contributed by atoms with van der Waals surface area (Å²) in [6.07, 6.45) is 0. The van der Waals surface area contributed by atoms with Gasteiger partial charge in [0.25, 0.3) is 5.79 Å². The van der Waals surface area contributed by atoms with Crippen LogP contribution in [0.25, 0.3) is 11.1 Å². The Balaban J connectivity index is 2.00. The van der Waals surface area contributed by atoms with Gasteiger partial charge in [0.15, 0.2) is 0 Å². The lowest BCUT2D eigenvalue weighted by Gasteiger charge is -2.36. The van der Waals surface area contributed by atoms with Crippen molar-refractivity contribution in [3.05, 3.63) is 89.7 Å². The molecule has 0 aliphatic carbocycles. The number of aliphatic hydroxyl groups is 1. The largest absolute Gasteiger partial charge is 0.453 e. The second-order valence-corrected chi connectivity index (χ2v) is 5.30. The van der Waals surface area contributed by atoms with Gasteiger partial charge in [-0.25, -0.2) is 4.39 Å². The topological polar surface area (TPSA) is 29.5 Å². The first-order valence-electron chi connectivity index (χ1n) is 7.05. The lowest BCUT2D eigenvalue weighted by molar-refractivity contribution is -0.110. The van der Waals surface area contributed by atoms with Crippen molar-refractivity contribution in [2.24, 2.45) is 0 Å². The van der Waals surface area contributed by atoms with Gasteiger partial charge >= 0.3 is 0 Å². The molecule has 0 saturated heterocycles. The van der Waals surface area contributed by atoms with E-state index in [0.717, 1.165) is 5.56 Å². The summed E-state index contributed by atoms with van der Waals surface area (Å²) in [5.41, 5.74) is 2.67. The van der Waals surface area contributed by atoms with E-state index in [1.807, 2.05) is 48.5 Å². The van der Waals surface area contributed by atoms with Crippen molar-refractivity contribution < 1.29 is 14.2 Å². The Labute approximate surface area is 127 Å². The van der Waals surface area contributed by atoms with E-state index in [0.29, 0.717) is 22.4 Å². The summed E-state index contributed by atoms with van der Waals surface area (Å²) in [4.78, 5) is 0. The molecule has 1 atom stereocenters. The number of ether oxygens (including phenoxy) is 1. The molecule has 0 bridgehead atoms. The second kappa shape index (κ2) is 4.68. The van der Waals surface area contributed by atoms with Gasteiger partial charge in [-0.2, -0.15) is 0 Å². The maximum Gasteiger partial charge on any atom is 0.262 e. The molecule has 3 aromatic rings. The summed E-state index contributed by atoms with van der Waals surface area (Å²) in [6.45, 7) is 0. The molecule has 0 radical (unpaired) electrons. The molecule has 1 aliphatic heterocycles. The molecule has 0 aromatic heterocycles. The van der Waals surface area contributed by atoms with Crippen LogP contribution >= 0.6 is 0 Å². The third-order valence-corrected chi connectivity index (χ3v) is 3.95. The van der Waals surface area contributed by atoms with Gasteiger partial charge in [0.2, 0.25) is 0 Å². The van der Waals surface area contributed by atoms with Gasteiger partial charge in [0.1, 0.15) is 11.6 Å². The normalized spacial score (nSPS) is 19.0. The van der Waals surface area contributed by atoms with Gasteiger partial charge in [-0.05, 0) is 23.8 Å². The third kappa shape index (κ3) is 1.83. The molecular formula is C19H13FO2. The van der Waals surface area contributed by atoms with Gasteiger partial charge in [-0.3, -0.25) is 0 Å². The molecule has 1 aliphatic rings. The van der Waals surface area contributed by atoms with Crippen LogP contribution in [0.15, 0.2) is 72.8 Å². The standard InChI is InChI=1S/C19H13FO2/c20-14-10-11-18-16(12-14)15-8-4-5-9-17(15)19(21,22-18)13-6-2-1-3-7-13/h1-12,21H. The van der Waals surface area contributed by atoms with Gasteiger partial charge < -0.3 is 9.84 Å². The highest BCUT2D eigenvalue weighted by Crippen LogP contribution is 2.46. The van der Waals surface area contributed by atoms with Crippen LogP contribution in [-0.4, -0.2) is 5.11 Å². The fourth-order valence-corrected chi connectivity index (χ4v) is 2.91. The molecule has 0 saturated carbocycles. The summed E-state index contributed by atoms with van der Waals surface area (Å²) in [5.74, 6) is -1.45. The first-order chi connectivity index (χ1) is 10.7. The minimum absolute atomic E-state index is 0.331. The van der Waals surface area contributed by atoms with E-state index in [1.54, 1.807) is 12.1 Å². The molecule has 3 heteroatoms. The number of hydrogen-bond donors (Lipinski definition) is 1. The molecule has 0 amide bonds. The van der Waals surface area contributed by atoms with Crippen LogP contribution in [0.1, 0.15) is 11.1 Å². The first kappa shape index (κ1) is 13.0. The SMILES string of the molecule is OC1(c2ccccc2)Oc2ccc(F)cc2-c2ccccc21. The highest BCUT2D eigenvalue weighted by molar-refractivity contribution is 5.77. The van der Waals surface area contributed by atoms with E-state index in [2.05, 4.69) is 0 Å². The summed E-state index contributed by atoms with van der Waals surface area (Å²) >= 11 is 0. The monoisotopic (exact) mass is 292 g/mol. The zero-order valence-corrected chi connectivity index (χ0v) is 11.7. The third-order valence-electron chi connectivity index (χ3n) is 3.95. The smallest absolute Gasteiger partial charge is 0.262 e. The van der Waals surface area contributed by atoms with E-state index in [-0.39, 0.29) is 5.82 Å².